The highest BCUT2D eigenvalue weighted by molar-refractivity contribution is 6.31. The molecule has 32 heavy (non-hydrogen) atoms. The van der Waals surface area contributed by atoms with E-state index in [0.29, 0.717) is 28.8 Å². The minimum absolute atomic E-state index is 0.118. The number of nitrogens with zero attached hydrogens (tertiary/aromatic N) is 2. The smallest absolute Gasteiger partial charge is 0.271 e. The number of amides is 2. The number of hydrogen-bond acceptors (Lipinski definition) is 3. The van der Waals surface area contributed by atoms with Crippen LogP contribution in [-0.2, 0) is 17.9 Å². The zero-order valence-corrected chi connectivity index (χ0v) is 19.2. The van der Waals surface area contributed by atoms with Crippen LogP contribution >= 0.6 is 11.6 Å². The Balaban J connectivity index is 1.54. The zero-order valence-electron chi connectivity index (χ0n) is 18.4. The molecule has 1 fully saturated rings. The predicted octanol–water partition coefficient (Wildman–Crippen LogP) is 5.00. The summed E-state index contributed by atoms with van der Waals surface area (Å²) in [4.78, 5) is 29.2. The van der Waals surface area contributed by atoms with Gasteiger partial charge in [-0.1, -0.05) is 49.6 Å². The van der Waals surface area contributed by atoms with Gasteiger partial charge >= 0.3 is 0 Å². The van der Waals surface area contributed by atoms with Crippen molar-refractivity contribution < 1.29 is 14.0 Å². The summed E-state index contributed by atoms with van der Waals surface area (Å²) in [5.74, 6) is 0.111. The summed E-state index contributed by atoms with van der Waals surface area (Å²) in [5.41, 5.74) is 1.76. The SMILES string of the molecule is C[C@@H]1CCCC[C@@H]1NC(=O)[C@]1(C)Cn2c(cc3occc32)C(=O)N1Cc1ccccc1Cl. The number of carbonyl (C=O) groups excluding carboxylic acids is 2. The van der Waals surface area contributed by atoms with Crippen molar-refractivity contribution in [2.75, 3.05) is 0 Å². The molecule has 1 N–H and O–H groups in total. The van der Waals surface area contributed by atoms with Crippen LogP contribution in [0, 0.1) is 5.92 Å². The third kappa shape index (κ3) is 3.41. The van der Waals surface area contributed by atoms with Gasteiger partial charge in [0.05, 0.1) is 18.3 Å². The lowest BCUT2D eigenvalue weighted by atomic mass is 9.85. The number of carbonyl (C=O) groups is 2. The highest BCUT2D eigenvalue weighted by Crippen LogP contribution is 2.35. The van der Waals surface area contributed by atoms with Gasteiger partial charge in [0.1, 0.15) is 11.2 Å². The molecule has 0 spiro atoms. The van der Waals surface area contributed by atoms with Crippen molar-refractivity contribution in [3.8, 4) is 0 Å². The first-order valence-corrected chi connectivity index (χ1v) is 11.7. The molecule has 2 aromatic heterocycles. The molecule has 168 valence electrons. The fraction of sp³-hybridized carbons (Fsp3) is 0.440. The molecule has 3 heterocycles. The largest absolute Gasteiger partial charge is 0.463 e. The van der Waals surface area contributed by atoms with Crippen molar-refractivity contribution in [3.63, 3.8) is 0 Å². The Kier molecular flexibility index (Phi) is 5.28. The average molecular weight is 454 g/mol. The van der Waals surface area contributed by atoms with Crippen LogP contribution in [0.4, 0.5) is 0 Å². The minimum atomic E-state index is -1.07. The molecule has 6 nitrogen and oxygen atoms in total. The van der Waals surface area contributed by atoms with Gasteiger partial charge in [-0.2, -0.15) is 0 Å². The Morgan fingerprint density at radius 2 is 2.03 bits per heavy atom. The van der Waals surface area contributed by atoms with Crippen LogP contribution in [0.3, 0.4) is 0 Å². The number of nitrogens with one attached hydrogen (secondary N) is 1. The van der Waals surface area contributed by atoms with Gasteiger partial charge in [0, 0.05) is 29.7 Å². The van der Waals surface area contributed by atoms with Crippen LogP contribution in [-0.4, -0.2) is 32.9 Å². The van der Waals surface area contributed by atoms with Crippen LogP contribution in [0.15, 0.2) is 47.1 Å². The summed E-state index contributed by atoms with van der Waals surface area (Å²) in [5, 5.41) is 3.87. The number of rotatable bonds is 4. The number of halogens is 1. The molecule has 0 bridgehead atoms. The lowest BCUT2D eigenvalue weighted by Gasteiger charge is -2.45. The Morgan fingerprint density at radius 1 is 1.25 bits per heavy atom. The molecule has 1 aliphatic heterocycles. The first-order chi connectivity index (χ1) is 15.4. The Hall–Kier alpha value is -2.73. The number of benzene rings is 1. The molecular weight excluding hydrogens is 426 g/mol. The molecule has 3 aromatic rings. The summed E-state index contributed by atoms with van der Waals surface area (Å²) in [6.45, 7) is 4.67. The fourth-order valence-corrected chi connectivity index (χ4v) is 5.37. The van der Waals surface area contributed by atoms with E-state index >= 15 is 0 Å². The average Bonchev–Trinajstić information content (AvgIpc) is 3.36. The number of fused-ring (bicyclic) bond motifs is 3. The third-order valence-corrected chi connectivity index (χ3v) is 7.62. The first kappa shape index (κ1) is 21.1. The summed E-state index contributed by atoms with van der Waals surface area (Å²) < 4.78 is 7.45. The van der Waals surface area contributed by atoms with E-state index in [4.69, 9.17) is 16.0 Å². The number of aromatic nitrogens is 1. The monoisotopic (exact) mass is 453 g/mol. The lowest BCUT2D eigenvalue weighted by Crippen LogP contribution is -2.65. The van der Waals surface area contributed by atoms with Crippen molar-refractivity contribution >= 4 is 34.5 Å². The van der Waals surface area contributed by atoms with Gasteiger partial charge < -0.3 is 19.2 Å². The normalized spacial score (nSPS) is 25.7. The van der Waals surface area contributed by atoms with Crippen molar-refractivity contribution in [1.29, 1.82) is 0 Å². The molecule has 1 aromatic carbocycles. The molecular formula is C25H28ClN3O3. The number of furan rings is 1. The molecule has 5 rings (SSSR count). The Bertz CT molecular complexity index is 1180. The molecule has 0 unspecified atom stereocenters. The Labute approximate surface area is 192 Å². The van der Waals surface area contributed by atoms with E-state index in [9.17, 15) is 9.59 Å². The predicted molar refractivity (Wildman–Crippen MR) is 123 cm³/mol. The van der Waals surface area contributed by atoms with E-state index in [-0.39, 0.29) is 24.4 Å². The van der Waals surface area contributed by atoms with Crippen LogP contribution in [0.1, 0.15) is 55.6 Å². The van der Waals surface area contributed by atoms with Gasteiger partial charge in [0.25, 0.3) is 5.91 Å². The maximum atomic E-state index is 13.8. The van der Waals surface area contributed by atoms with Crippen molar-refractivity contribution in [3.05, 3.63) is 58.9 Å². The van der Waals surface area contributed by atoms with E-state index in [1.54, 1.807) is 17.2 Å². The highest BCUT2D eigenvalue weighted by atomic mass is 35.5. The van der Waals surface area contributed by atoms with Crippen molar-refractivity contribution in [2.24, 2.45) is 5.92 Å². The molecule has 0 saturated heterocycles. The molecule has 1 aliphatic carbocycles. The summed E-state index contributed by atoms with van der Waals surface area (Å²) >= 11 is 6.43. The van der Waals surface area contributed by atoms with Gasteiger partial charge in [-0.3, -0.25) is 9.59 Å². The van der Waals surface area contributed by atoms with E-state index < -0.39 is 5.54 Å². The van der Waals surface area contributed by atoms with E-state index in [1.807, 2.05) is 41.8 Å². The Morgan fingerprint density at radius 3 is 2.81 bits per heavy atom. The third-order valence-electron chi connectivity index (χ3n) is 7.25. The van der Waals surface area contributed by atoms with Crippen LogP contribution in [0.25, 0.3) is 11.1 Å². The molecule has 2 amide bonds. The van der Waals surface area contributed by atoms with Crippen LogP contribution in [0.2, 0.25) is 5.02 Å². The second-order valence-corrected chi connectivity index (χ2v) is 9.79. The van der Waals surface area contributed by atoms with E-state index in [0.717, 1.165) is 30.3 Å². The summed E-state index contributed by atoms with van der Waals surface area (Å²) in [7, 11) is 0. The maximum Gasteiger partial charge on any atom is 0.271 e. The van der Waals surface area contributed by atoms with Gasteiger partial charge in [-0.25, -0.2) is 0 Å². The van der Waals surface area contributed by atoms with Gasteiger partial charge in [-0.05, 0) is 37.3 Å². The van der Waals surface area contributed by atoms with Gasteiger partial charge in [0.15, 0.2) is 5.58 Å². The van der Waals surface area contributed by atoms with Gasteiger partial charge in [-0.15, -0.1) is 0 Å². The second kappa shape index (κ2) is 8.00. The van der Waals surface area contributed by atoms with Crippen LogP contribution < -0.4 is 5.32 Å². The quantitative estimate of drug-likeness (QED) is 0.604. The van der Waals surface area contributed by atoms with E-state index in [2.05, 4.69) is 12.2 Å². The molecule has 7 heteroatoms. The van der Waals surface area contributed by atoms with Crippen molar-refractivity contribution in [1.82, 2.24) is 14.8 Å². The standard InChI is InChI=1S/C25H28ClN3O3/c1-16-7-3-6-10-19(16)27-24(31)25(2)15-28-20-11-12-32-22(20)13-21(28)23(30)29(25)14-17-8-4-5-9-18(17)26/h4-5,8-9,11-13,16,19H,3,6-7,10,14-15H2,1-2H3,(H,27,31)/t16-,19+,25+/m1/s1. The molecule has 1 saturated carbocycles. The topological polar surface area (TPSA) is 67.5 Å². The minimum Gasteiger partial charge on any atom is -0.463 e. The molecule has 0 radical (unpaired) electrons. The lowest BCUT2D eigenvalue weighted by molar-refractivity contribution is -0.134. The highest BCUT2D eigenvalue weighted by Gasteiger charge is 2.48. The first-order valence-electron chi connectivity index (χ1n) is 11.3. The summed E-state index contributed by atoms with van der Waals surface area (Å²) in [6.07, 6.45) is 6.02. The molecule has 3 atom stereocenters. The van der Waals surface area contributed by atoms with Crippen molar-refractivity contribution in [2.45, 2.75) is 64.2 Å². The molecule has 2 aliphatic rings. The fourth-order valence-electron chi connectivity index (χ4n) is 5.17. The second-order valence-electron chi connectivity index (χ2n) is 9.38. The maximum absolute atomic E-state index is 13.8. The number of hydrogen-bond donors (Lipinski definition) is 1. The van der Waals surface area contributed by atoms with Crippen LogP contribution in [0.5, 0.6) is 0 Å². The zero-order chi connectivity index (χ0) is 22.5. The summed E-state index contributed by atoms with van der Waals surface area (Å²) in [6, 6.07) is 11.2. The van der Waals surface area contributed by atoms with Gasteiger partial charge in [0.2, 0.25) is 5.91 Å². The van der Waals surface area contributed by atoms with E-state index in [1.165, 1.54) is 6.42 Å².